The Morgan fingerprint density at radius 2 is 1.90 bits per heavy atom. The number of aromatic nitrogens is 4. The summed E-state index contributed by atoms with van der Waals surface area (Å²) in [4.78, 5) is 21.9. The van der Waals surface area contributed by atoms with Crippen LogP contribution in [0.15, 0.2) is 65.4 Å². The molecule has 7 heteroatoms. The van der Waals surface area contributed by atoms with E-state index in [-0.39, 0.29) is 11.3 Å². The highest BCUT2D eigenvalue weighted by molar-refractivity contribution is 6.08. The van der Waals surface area contributed by atoms with Crippen LogP contribution in [-0.4, -0.2) is 25.6 Å². The number of imidazole rings is 1. The molecule has 0 spiro atoms. The van der Waals surface area contributed by atoms with Gasteiger partial charge in [0.05, 0.1) is 11.1 Å². The summed E-state index contributed by atoms with van der Waals surface area (Å²) in [5, 5.41) is 7.03. The summed E-state index contributed by atoms with van der Waals surface area (Å²) in [6, 6.07) is 14.8. The van der Waals surface area contributed by atoms with Crippen molar-refractivity contribution in [3.63, 3.8) is 0 Å². The number of anilines is 1. The van der Waals surface area contributed by atoms with Gasteiger partial charge in [-0.1, -0.05) is 50.2 Å². The number of benzene rings is 2. The van der Waals surface area contributed by atoms with E-state index in [1.807, 2.05) is 75.0 Å². The Hall–Kier alpha value is -3.74. The quantitative estimate of drug-likeness (QED) is 0.536. The monoisotopic (exact) mass is 401 g/mol. The second kappa shape index (κ2) is 7.59. The van der Waals surface area contributed by atoms with Crippen molar-refractivity contribution in [1.82, 2.24) is 19.7 Å². The van der Waals surface area contributed by atoms with E-state index in [0.29, 0.717) is 28.5 Å². The van der Waals surface area contributed by atoms with Crippen LogP contribution in [0.3, 0.4) is 0 Å². The molecule has 30 heavy (non-hydrogen) atoms. The number of hydrogen-bond donors (Lipinski definition) is 1. The third kappa shape index (κ3) is 3.87. The lowest BCUT2D eigenvalue weighted by Crippen LogP contribution is -2.14. The van der Waals surface area contributed by atoms with Crippen LogP contribution in [0.5, 0.6) is 0 Å². The minimum Gasteiger partial charge on any atom is -0.334 e. The second-order valence-corrected chi connectivity index (χ2v) is 8.12. The van der Waals surface area contributed by atoms with Crippen LogP contribution in [0.1, 0.15) is 37.0 Å². The molecule has 0 aliphatic heterocycles. The summed E-state index contributed by atoms with van der Waals surface area (Å²) in [6.45, 7) is 6.03. The first-order chi connectivity index (χ1) is 14.3. The van der Waals surface area contributed by atoms with Gasteiger partial charge in [-0.25, -0.2) is 4.98 Å². The molecule has 152 valence electrons. The minimum absolute atomic E-state index is 0.246. The van der Waals surface area contributed by atoms with Crippen LogP contribution in [0, 0.1) is 0 Å². The Kier molecular flexibility index (Phi) is 4.95. The fraction of sp³-hybridized carbons (Fsp3) is 0.217. The van der Waals surface area contributed by atoms with E-state index in [2.05, 4.69) is 20.4 Å². The van der Waals surface area contributed by atoms with Gasteiger partial charge in [0.25, 0.3) is 11.8 Å². The largest absolute Gasteiger partial charge is 0.334 e. The predicted octanol–water partition coefficient (Wildman–Crippen LogP) is 4.69. The van der Waals surface area contributed by atoms with Crippen LogP contribution in [-0.2, 0) is 12.5 Å². The lowest BCUT2D eigenvalue weighted by Gasteiger charge is -2.11. The lowest BCUT2D eigenvalue weighted by molar-refractivity contribution is 0.102. The van der Waals surface area contributed by atoms with Gasteiger partial charge in [-0.05, 0) is 24.3 Å². The number of aryl methyl sites for hydroxylation is 1. The van der Waals surface area contributed by atoms with Crippen LogP contribution in [0.2, 0.25) is 0 Å². The van der Waals surface area contributed by atoms with E-state index < -0.39 is 0 Å². The van der Waals surface area contributed by atoms with Crippen molar-refractivity contribution in [2.75, 3.05) is 5.32 Å². The molecular weight excluding hydrogens is 378 g/mol. The molecule has 0 unspecified atom stereocenters. The van der Waals surface area contributed by atoms with Gasteiger partial charge < -0.3 is 14.4 Å². The first kappa shape index (κ1) is 19.6. The van der Waals surface area contributed by atoms with E-state index in [9.17, 15) is 4.79 Å². The molecule has 4 rings (SSSR count). The maximum Gasteiger partial charge on any atom is 0.258 e. The van der Waals surface area contributed by atoms with Gasteiger partial charge in [-0.2, -0.15) is 4.98 Å². The first-order valence-electron chi connectivity index (χ1n) is 9.65. The van der Waals surface area contributed by atoms with E-state index in [0.717, 1.165) is 11.4 Å². The van der Waals surface area contributed by atoms with Crippen molar-refractivity contribution in [3.8, 4) is 22.8 Å². The number of nitrogens with one attached hydrogen (secondary N) is 1. The number of nitrogens with zero attached hydrogens (tertiary/aromatic N) is 4. The smallest absolute Gasteiger partial charge is 0.258 e. The fourth-order valence-electron chi connectivity index (χ4n) is 3.08. The van der Waals surface area contributed by atoms with Crippen molar-refractivity contribution in [1.29, 1.82) is 0 Å². The van der Waals surface area contributed by atoms with Crippen molar-refractivity contribution in [2.45, 2.75) is 26.2 Å². The Morgan fingerprint density at radius 3 is 2.60 bits per heavy atom. The molecule has 4 aromatic rings. The maximum atomic E-state index is 13.1. The van der Waals surface area contributed by atoms with Gasteiger partial charge in [-0.15, -0.1) is 0 Å². The van der Waals surface area contributed by atoms with Gasteiger partial charge in [0.15, 0.2) is 5.82 Å². The zero-order chi connectivity index (χ0) is 21.3. The number of carbonyl (C=O) groups excluding carboxylic acids is 1. The molecule has 2 heterocycles. The molecule has 0 fully saturated rings. The third-order valence-electron chi connectivity index (χ3n) is 4.70. The molecule has 0 aliphatic rings. The van der Waals surface area contributed by atoms with E-state index in [1.54, 1.807) is 18.3 Å². The summed E-state index contributed by atoms with van der Waals surface area (Å²) in [5.41, 5.74) is 2.41. The molecule has 7 nitrogen and oxygen atoms in total. The highest BCUT2D eigenvalue weighted by Gasteiger charge is 2.23. The SMILES string of the molecule is Cn1ccnc1-c1cccc(NC(=O)c2ccccc2-c2nc(C(C)(C)C)no2)c1. The van der Waals surface area contributed by atoms with Crippen LogP contribution < -0.4 is 5.32 Å². The van der Waals surface area contributed by atoms with Gasteiger partial charge in [0.2, 0.25) is 0 Å². The fourth-order valence-corrected chi connectivity index (χ4v) is 3.08. The number of amides is 1. The molecule has 0 radical (unpaired) electrons. The van der Waals surface area contributed by atoms with Gasteiger partial charge in [0.1, 0.15) is 5.82 Å². The molecule has 0 atom stereocenters. The highest BCUT2D eigenvalue weighted by Crippen LogP contribution is 2.27. The van der Waals surface area contributed by atoms with Gasteiger partial charge >= 0.3 is 0 Å². The maximum absolute atomic E-state index is 13.1. The zero-order valence-electron chi connectivity index (χ0n) is 17.4. The second-order valence-electron chi connectivity index (χ2n) is 8.12. The van der Waals surface area contributed by atoms with Gasteiger partial charge in [-0.3, -0.25) is 4.79 Å². The molecule has 1 N–H and O–H groups in total. The normalized spacial score (nSPS) is 11.5. The Bertz CT molecular complexity index is 1200. The summed E-state index contributed by atoms with van der Waals surface area (Å²) < 4.78 is 7.38. The van der Waals surface area contributed by atoms with Crippen LogP contribution in [0.4, 0.5) is 5.69 Å². The standard InChI is InChI=1S/C23H23N5O2/c1-23(2,3)22-26-21(30-27-22)18-11-6-5-10-17(18)20(29)25-16-9-7-8-15(14-16)19-24-12-13-28(19)4/h5-14H,1-4H3,(H,25,29). The van der Waals surface area contributed by atoms with Crippen molar-refractivity contribution >= 4 is 11.6 Å². The summed E-state index contributed by atoms with van der Waals surface area (Å²) in [7, 11) is 1.93. The number of rotatable bonds is 4. The van der Waals surface area contributed by atoms with E-state index in [1.165, 1.54) is 0 Å². The average molecular weight is 401 g/mol. The average Bonchev–Trinajstić information content (AvgIpc) is 3.37. The van der Waals surface area contributed by atoms with E-state index in [4.69, 9.17) is 4.52 Å². The molecule has 2 aromatic carbocycles. The summed E-state index contributed by atoms with van der Waals surface area (Å²) >= 11 is 0. The minimum atomic E-state index is -0.252. The Balaban J connectivity index is 1.63. The third-order valence-corrected chi connectivity index (χ3v) is 4.70. The zero-order valence-corrected chi connectivity index (χ0v) is 17.4. The Morgan fingerprint density at radius 1 is 1.10 bits per heavy atom. The molecule has 0 saturated carbocycles. The van der Waals surface area contributed by atoms with Crippen molar-refractivity contribution < 1.29 is 9.32 Å². The molecule has 0 saturated heterocycles. The van der Waals surface area contributed by atoms with Gasteiger partial charge in [0, 0.05) is 36.1 Å². The lowest BCUT2D eigenvalue weighted by atomic mass is 9.96. The summed E-state index contributed by atoms with van der Waals surface area (Å²) in [5.74, 6) is 1.49. The number of hydrogen-bond acceptors (Lipinski definition) is 5. The Labute approximate surface area is 174 Å². The molecule has 0 bridgehead atoms. The summed E-state index contributed by atoms with van der Waals surface area (Å²) in [6.07, 6.45) is 3.63. The van der Waals surface area contributed by atoms with Crippen molar-refractivity contribution in [3.05, 3.63) is 72.3 Å². The molecule has 2 aromatic heterocycles. The van der Waals surface area contributed by atoms with E-state index >= 15 is 0 Å². The molecule has 0 aliphatic carbocycles. The van der Waals surface area contributed by atoms with Crippen LogP contribution >= 0.6 is 0 Å². The molecule has 1 amide bonds. The molecular formula is C23H23N5O2. The van der Waals surface area contributed by atoms with Crippen molar-refractivity contribution in [2.24, 2.45) is 7.05 Å². The first-order valence-corrected chi connectivity index (χ1v) is 9.65. The highest BCUT2D eigenvalue weighted by atomic mass is 16.5. The topological polar surface area (TPSA) is 85.8 Å². The van der Waals surface area contributed by atoms with Crippen LogP contribution in [0.25, 0.3) is 22.8 Å². The predicted molar refractivity (Wildman–Crippen MR) is 115 cm³/mol. The number of carbonyl (C=O) groups is 1.